The van der Waals surface area contributed by atoms with Gasteiger partial charge in [0.05, 0.1) is 32.0 Å². The molecule has 6 N–H and O–H groups in total. The number of hydrogen-bond donors (Lipinski definition) is 6. The molecule has 1 heterocycles. The van der Waals surface area contributed by atoms with Crippen molar-refractivity contribution in [3.05, 3.63) is 35.5 Å². The van der Waals surface area contributed by atoms with Crippen molar-refractivity contribution in [3.63, 3.8) is 0 Å². The quantitative estimate of drug-likeness (QED) is 0.0258. The number of aliphatic hydroxyl groups is 5. The number of rotatable bonds is 47. The number of carbonyl (C=O) groups excluding carboxylic acids is 1. The van der Waals surface area contributed by atoms with Gasteiger partial charge in [0.15, 0.2) is 6.29 Å². The highest BCUT2D eigenvalue weighted by Gasteiger charge is 2.46. The van der Waals surface area contributed by atoms with Crippen molar-refractivity contribution < 1.29 is 44.5 Å². The summed E-state index contributed by atoms with van der Waals surface area (Å²) in [7, 11) is 0. The molecule has 1 amide bonds. The molecule has 0 spiro atoms. The van der Waals surface area contributed by atoms with Gasteiger partial charge in [-0.05, 0) is 102 Å². The van der Waals surface area contributed by atoms with Crippen LogP contribution in [0.5, 0.6) is 0 Å². The van der Waals surface area contributed by atoms with E-state index >= 15 is 0 Å². The Balaban J connectivity index is 1.43. The number of unbranched alkanes of at least 4 members (excludes halogenated alkanes) is 20. The van der Waals surface area contributed by atoms with Crippen LogP contribution in [0.3, 0.4) is 0 Å². The second kappa shape index (κ2) is 40.6. The summed E-state index contributed by atoms with van der Waals surface area (Å²) in [5.41, 5.74) is 2.38. The van der Waals surface area contributed by atoms with E-state index in [1.807, 2.05) is 13.0 Å². The molecular weight excluding hydrogens is 903 g/mol. The maximum Gasteiger partial charge on any atom is 0.249 e. The number of allylic oxidation sites excluding steroid dienone is 5. The fourth-order valence-electron chi connectivity index (χ4n) is 11.0. The van der Waals surface area contributed by atoms with Crippen LogP contribution in [0.1, 0.15) is 259 Å². The lowest BCUT2D eigenvalue weighted by atomic mass is 9.99. The highest BCUT2D eigenvalue weighted by atomic mass is 16.7. The highest BCUT2D eigenvalue weighted by molar-refractivity contribution is 5.80. The van der Waals surface area contributed by atoms with Gasteiger partial charge in [-0.2, -0.15) is 0 Å². The van der Waals surface area contributed by atoms with E-state index in [9.17, 15) is 30.3 Å². The minimum Gasteiger partial charge on any atom is -0.394 e. The summed E-state index contributed by atoms with van der Waals surface area (Å²) < 4.78 is 18.2. The molecule has 12 atom stereocenters. The maximum atomic E-state index is 13.5. The molecule has 72 heavy (non-hydrogen) atoms. The zero-order valence-corrected chi connectivity index (χ0v) is 47.0. The topological polar surface area (TPSA) is 158 Å². The molecule has 3 aliphatic rings. The Kier molecular flexibility index (Phi) is 36.5. The zero-order valence-electron chi connectivity index (χ0n) is 47.0. The standard InChI is InChI=1S/C62H113NO9/c1-6-8-10-12-14-16-21-27-36-50-44-52(50)38-29-23-18-19-25-32-41-56(66)61(69)63-54(55(65)40-31-26-20-24-30-39-53-45-51(53)37-28-22-17-15-13-11-9-7-2)47-71-62-60(59(68)58(67)57(46-64)72-62)70-43-42-49(5)35-33-34-48(3)4/h19,25,34,42,50-60,62,64-68H,6-18,20-24,26-33,35-41,43-47H2,1-5H3,(H,63,69)/b25-19-,49-42+/t50-,51-,52+,53+,54-,55+,56+,57+,58-,59-,60+,62+/m0/s1. The molecule has 0 aromatic heterocycles. The second-order valence-corrected chi connectivity index (χ2v) is 23.1. The smallest absolute Gasteiger partial charge is 0.249 e. The number of aliphatic hydroxyl groups excluding tert-OH is 5. The highest BCUT2D eigenvalue weighted by Crippen LogP contribution is 2.46. The van der Waals surface area contributed by atoms with Crippen LogP contribution < -0.4 is 5.32 Å². The average molecular weight is 1020 g/mol. The van der Waals surface area contributed by atoms with Gasteiger partial charge in [-0.3, -0.25) is 4.79 Å². The van der Waals surface area contributed by atoms with Gasteiger partial charge >= 0.3 is 0 Å². The van der Waals surface area contributed by atoms with E-state index in [2.05, 4.69) is 51.2 Å². The van der Waals surface area contributed by atoms with Gasteiger partial charge in [-0.1, -0.05) is 216 Å². The van der Waals surface area contributed by atoms with Crippen LogP contribution in [0.25, 0.3) is 0 Å². The Bertz CT molecular complexity index is 1430. The maximum absolute atomic E-state index is 13.5. The van der Waals surface area contributed by atoms with Crippen molar-refractivity contribution >= 4 is 5.91 Å². The third-order valence-electron chi connectivity index (χ3n) is 16.2. The minimum atomic E-state index is -1.41. The Labute approximate surface area is 441 Å². The van der Waals surface area contributed by atoms with Crippen molar-refractivity contribution in [2.75, 3.05) is 19.8 Å². The number of amides is 1. The van der Waals surface area contributed by atoms with Crippen LogP contribution >= 0.6 is 0 Å². The van der Waals surface area contributed by atoms with E-state index in [0.717, 1.165) is 67.8 Å². The Morgan fingerprint density at radius 3 is 1.64 bits per heavy atom. The fraction of sp³-hybridized carbons (Fsp3) is 0.887. The summed E-state index contributed by atoms with van der Waals surface area (Å²) in [6.45, 7) is 10.1. The normalized spacial score (nSPS) is 25.4. The summed E-state index contributed by atoms with van der Waals surface area (Å²) in [6.07, 6.45) is 42.2. The van der Waals surface area contributed by atoms with Crippen molar-refractivity contribution in [2.24, 2.45) is 23.7 Å². The molecule has 10 nitrogen and oxygen atoms in total. The first-order valence-corrected chi connectivity index (χ1v) is 30.4. The van der Waals surface area contributed by atoms with E-state index in [0.29, 0.717) is 12.8 Å². The first-order chi connectivity index (χ1) is 35.0. The number of carbonyl (C=O) groups is 1. The molecule has 3 rings (SSSR count). The first kappa shape index (κ1) is 64.7. The van der Waals surface area contributed by atoms with E-state index < -0.39 is 61.5 Å². The van der Waals surface area contributed by atoms with Crippen molar-refractivity contribution in [2.45, 2.75) is 308 Å². The summed E-state index contributed by atoms with van der Waals surface area (Å²) in [5, 5.41) is 57.3. The van der Waals surface area contributed by atoms with Gasteiger partial charge in [-0.25, -0.2) is 0 Å². The molecule has 0 aromatic carbocycles. The lowest BCUT2D eigenvalue weighted by molar-refractivity contribution is -0.310. The third kappa shape index (κ3) is 29.6. The Morgan fingerprint density at radius 1 is 0.611 bits per heavy atom. The predicted octanol–water partition coefficient (Wildman–Crippen LogP) is 13.7. The van der Waals surface area contributed by atoms with Gasteiger partial charge in [0.1, 0.15) is 30.5 Å². The zero-order chi connectivity index (χ0) is 52.2. The molecular formula is C62H113NO9. The summed E-state index contributed by atoms with van der Waals surface area (Å²) >= 11 is 0. The summed E-state index contributed by atoms with van der Waals surface area (Å²) in [6, 6.07) is -0.875. The fourth-order valence-corrected chi connectivity index (χ4v) is 11.0. The molecule has 0 radical (unpaired) electrons. The molecule has 0 bridgehead atoms. The van der Waals surface area contributed by atoms with E-state index in [1.165, 1.54) is 173 Å². The molecule has 10 heteroatoms. The van der Waals surface area contributed by atoms with E-state index in [1.54, 1.807) is 0 Å². The molecule has 3 fully saturated rings. The van der Waals surface area contributed by atoms with Crippen molar-refractivity contribution in [1.82, 2.24) is 5.32 Å². The number of hydrogen-bond acceptors (Lipinski definition) is 9. The van der Waals surface area contributed by atoms with Crippen LogP contribution in [0.15, 0.2) is 35.5 Å². The molecule has 0 unspecified atom stereocenters. The molecule has 2 saturated carbocycles. The lowest BCUT2D eigenvalue weighted by Crippen LogP contribution is -2.61. The van der Waals surface area contributed by atoms with Crippen LogP contribution in [-0.4, -0.2) is 100 Å². The van der Waals surface area contributed by atoms with Gasteiger partial charge in [0.25, 0.3) is 0 Å². The van der Waals surface area contributed by atoms with Gasteiger partial charge in [0, 0.05) is 0 Å². The molecule has 1 aliphatic heterocycles. The SMILES string of the molecule is CCCCCCCCCC[C@H]1C[C@H]1CCCC/C=C\CC[C@@H](O)C(=O)N[C@@H](CO[C@@H]1O[C@H](CO)[C@H](O)[C@H](O)[C@H]1OC/C=C(\C)CCC=C(C)C)[C@H](O)CCCCCCC[C@@H]1C[C@@H]1CCCCCCCCCC. The van der Waals surface area contributed by atoms with Crippen molar-refractivity contribution in [3.8, 4) is 0 Å². The van der Waals surface area contributed by atoms with Gasteiger partial charge in [0.2, 0.25) is 5.91 Å². The summed E-state index contributed by atoms with van der Waals surface area (Å²) in [5.74, 6) is 3.20. The molecule has 420 valence electrons. The Hall–Kier alpha value is -1.63. The second-order valence-electron chi connectivity index (χ2n) is 23.1. The number of ether oxygens (including phenoxy) is 3. The molecule has 1 saturated heterocycles. The average Bonchev–Trinajstić information content (AvgIpc) is 4.30. The largest absolute Gasteiger partial charge is 0.394 e. The van der Waals surface area contributed by atoms with Crippen molar-refractivity contribution in [1.29, 1.82) is 0 Å². The van der Waals surface area contributed by atoms with Gasteiger partial charge in [-0.15, -0.1) is 0 Å². The lowest BCUT2D eigenvalue weighted by Gasteiger charge is -2.42. The van der Waals surface area contributed by atoms with Crippen LogP contribution in [0.2, 0.25) is 0 Å². The van der Waals surface area contributed by atoms with Gasteiger partial charge < -0.3 is 45.1 Å². The summed E-state index contributed by atoms with van der Waals surface area (Å²) in [4.78, 5) is 13.5. The first-order valence-electron chi connectivity index (χ1n) is 30.4. The van der Waals surface area contributed by atoms with E-state index in [4.69, 9.17) is 14.2 Å². The minimum absolute atomic E-state index is 0.145. The number of nitrogens with one attached hydrogen (secondary N) is 1. The third-order valence-corrected chi connectivity index (χ3v) is 16.2. The molecule has 2 aliphatic carbocycles. The van der Waals surface area contributed by atoms with Crippen LogP contribution in [0, 0.1) is 23.7 Å². The monoisotopic (exact) mass is 1020 g/mol. The predicted molar refractivity (Wildman–Crippen MR) is 297 cm³/mol. The molecule has 0 aromatic rings. The van der Waals surface area contributed by atoms with Crippen LogP contribution in [-0.2, 0) is 19.0 Å². The van der Waals surface area contributed by atoms with Crippen LogP contribution in [0.4, 0.5) is 0 Å². The Morgan fingerprint density at radius 2 is 1.11 bits per heavy atom. The van der Waals surface area contributed by atoms with E-state index in [-0.39, 0.29) is 19.6 Å².